The van der Waals surface area contributed by atoms with Crippen LogP contribution >= 0.6 is 11.3 Å². The molecule has 4 rings (SSSR count). The van der Waals surface area contributed by atoms with Gasteiger partial charge in [0.05, 0.1) is 23.4 Å². The second kappa shape index (κ2) is 6.96. The van der Waals surface area contributed by atoms with E-state index in [1.807, 2.05) is 35.7 Å². The van der Waals surface area contributed by atoms with E-state index in [4.69, 9.17) is 4.74 Å². The van der Waals surface area contributed by atoms with Crippen molar-refractivity contribution >= 4 is 31.6 Å². The van der Waals surface area contributed by atoms with Gasteiger partial charge in [0.15, 0.2) is 0 Å². The third-order valence-electron chi connectivity index (χ3n) is 4.58. The standard InChI is InChI=1S/C18H19N3O3S2/c1-24-17-5-3-2-4-14(17)16-12-19-7-8-21(16)26(22,23)13-10-18-15(20-11-13)6-9-25-18/h2-6,9-11,16,19H,7-8,12H2,1H3. The highest BCUT2D eigenvalue weighted by atomic mass is 32.2. The molecular formula is C18H19N3O3S2. The molecule has 8 heteroatoms. The van der Waals surface area contributed by atoms with Crippen molar-refractivity contribution < 1.29 is 13.2 Å². The van der Waals surface area contributed by atoms with Gasteiger partial charge in [0, 0.05) is 31.4 Å². The van der Waals surface area contributed by atoms with Crippen molar-refractivity contribution in [3.8, 4) is 5.75 Å². The topological polar surface area (TPSA) is 71.5 Å². The molecule has 1 saturated heterocycles. The van der Waals surface area contributed by atoms with Gasteiger partial charge in [-0.15, -0.1) is 11.3 Å². The molecule has 1 unspecified atom stereocenters. The summed E-state index contributed by atoms with van der Waals surface area (Å²) in [5.74, 6) is 0.688. The molecule has 26 heavy (non-hydrogen) atoms. The Kier molecular flexibility index (Phi) is 4.66. The van der Waals surface area contributed by atoms with Gasteiger partial charge in [-0.05, 0) is 23.6 Å². The van der Waals surface area contributed by atoms with E-state index >= 15 is 0 Å². The number of hydrogen-bond donors (Lipinski definition) is 1. The minimum absolute atomic E-state index is 0.231. The number of rotatable bonds is 4. The first kappa shape index (κ1) is 17.4. The van der Waals surface area contributed by atoms with Gasteiger partial charge in [-0.3, -0.25) is 4.98 Å². The van der Waals surface area contributed by atoms with Gasteiger partial charge < -0.3 is 10.1 Å². The van der Waals surface area contributed by atoms with Crippen LogP contribution in [0.15, 0.2) is 52.9 Å². The van der Waals surface area contributed by atoms with Crippen molar-refractivity contribution in [2.45, 2.75) is 10.9 Å². The molecule has 1 aliphatic heterocycles. The van der Waals surface area contributed by atoms with Crippen LogP contribution < -0.4 is 10.1 Å². The summed E-state index contributed by atoms with van der Waals surface area (Å²) >= 11 is 1.49. The minimum Gasteiger partial charge on any atom is -0.496 e. The number of pyridine rings is 1. The lowest BCUT2D eigenvalue weighted by Crippen LogP contribution is -2.48. The summed E-state index contributed by atoms with van der Waals surface area (Å²) in [7, 11) is -2.07. The van der Waals surface area contributed by atoms with Crippen LogP contribution in [0.25, 0.3) is 10.2 Å². The first-order chi connectivity index (χ1) is 12.6. The summed E-state index contributed by atoms with van der Waals surface area (Å²) in [6, 6.07) is 10.8. The maximum Gasteiger partial charge on any atom is 0.245 e. The van der Waals surface area contributed by atoms with Crippen LogP contribution in [0.1, 0.15) is 11.6 Å². The van der Waals surface area contributed by atoms with Gasteiger partial charge in [0.1, 0.15) is 10.6 Å². The Bertz CT molecular complexity index is 1030. The fourth-order valence-corrected chi connectivity index (χ4v) is 5.72. The van der Waals surface area contributed by atoms with Crippen LogP contribution in [0.3, 0.4) is 0 Å². The number of sulfonamides is 1. The summed E-state index contributed by atoms with van der Waals surface area (Å²) in [5.41, 5.74) is 1.67. The van der Waals surface area contributed by atoms with E-state index in [1.165, 1.54) is 17.5 Å². The van der Waals surface area contributed by atoms with E-state index in [2.05, 4.69) is 10.3 Å². The predicted molar refractivity (Wildman–Crippen MR) is 102 cm³/mol. The molecule has 3 aromatic rings. The zero-order valence-corrected chi connectivity index (χ0v) is 15.9. The maximum atomic E-state index is 13.4. The number of piperazine rings is 1. The molecule has 1 aliphatic rings. The van der Waals surface area contributed by atoms with E-state index in [0.717, 1.165) is 15.8 Å². The Morgan fingerprint density at radius 1 is 1.31 bits per heavy atom. The summed E-state index contributed by atoms with van der Waals surface area (Å²) in [6.45, 7) is 1.54. The number of fused-ring (bicyclic) bond motifs is 1. The molecule has 1 atom stereocenters. The van der Waals surface area contributed by atoms with Gasteiger partial charge in [0.2, 0.25) is 10.0 Å². The van der Waals surface area contributed by atoms with Crippen molar-refractivity contribution in [2.75, 3.05) is 26.7 Å². The molecule has 0 spiro atoms. The second-order valence-electron chi connectivity index (χ2n) is 6.05. The number of hydrogen-bond acceptors (Lipinski definition) is 6. The Morgan fingerprint density at radius 2 is 2.15 bits per heavy atom. The molecule has 2 aromatic heterocycles. The van der Waals surface area contributed by atoms with Crippen molar-refractivity contribution in [3.63, 3.8) is 0 Å². The molecule has 0 aliphatic carbocycles. The van der Waals surface area contributed by atoms with Crippen LogP contribution in [0.5, 0.6) is 5.75 Å². The fraction of sp³-hybridized carbons (Fsp3) is 0.278. The van der Waals surface area contributed by atoms with Crippen molar-refractivity contribution in [1.29, 1.82) is 0 Å². The summed E-state index contributed by atoms with van der Waals surface area (Å²) in [4.78, 5) is 4.53. The van der Waals surface area contributed by atoms with Crippen LogP contribution in [-0.2, 0) is 10.0 Å². The largest absolute Gasteiger partial charge is 0.496 e. The SMILES string of the molecule is COc1ccccc1C1CNCCN1S(=O)(=O)c1cnc2ccsc2c1. The molecular weight excluding hydrogens is 370 g/mol. The highest BCUT2D eigenvalue weighted by Crippen LogP contribution is 2.34. The number of aromatic nitrogens is 1. The number of ether oxygens (including phenoxy) is 1. The summed E-state index contributed by atoms with van der Waals surface area (Å²) < 4.78 is 34.6. The molecule has 136 valence electrons. The smallest absolute Gasteiger partial charge is 0.245 e. The maximum absolute atomic E-state index is 13.4. The number of benzene rings is 1. The normalized spacial score (nSPS) is 18.9. The van der Waals surface area contributed by atoms with Crippen LogP contribution in [-0.4, -0.2) is 44.5 Å². The molecule has 1 fully saturated rings. The molecule has 1 N–H and O–H groups in total. The number of methoxy groups -OCH3 is 1. The lowest BCUT2D eigenvalue weighted by molar-refractivity contribution is 0.264. The fourth-order valence-electron chi connectivity index (χ4n) is 3.29. The summed E-state index contributed by atoms with van der Waals surface area (Å²) in [6.07, 6.45) is 1.45. The van der Waals surface area contributed by atoms with Gasteiger partial charge >= 0.3 is 0 Å². The Balaban J connectivity index is 1.77. The van der Waals surface area contributed by atoms with Crippen molar-refractivity contribution in [1.82, 2.24) is 14.6 Å². The van der Waals surface area contributed by atoms with E-state index in [-0.39, 0.29) is 10.9 Å². The average molecular weight is 390 g/mol. The monoisotopic (exact) mass is 389 g/mol. The highest BCUT2D eigenvalue weighted by molar-refractivity contribution is 7.89. The first-order valence-electron chi connectivity index (χ1n) is 8.30. The van der Waals surface area contributed by atoms with Crippen LogP contribution in [0.2, 0.25) is 0 Å². The average Bonchev–Trinajstić information content (AvgIpc) is 3.16. The predicted octanol–water partition coefficient (Wildman–Crippen LogP) is 2.64. The third kappa shape index (κ3) is 2.99. The van der Waals surface area contributed by atoms with Gasteiger partial charge in [-0.2, -0.15) is 4.31 Å². The van der Waals surface area contributed by atoms with Gasteiger partial charge in [-0.1, -0.05) is 18.2 Å². The van der Waals surface area contributed by atoms with Gasteiger partial charge in [0.25, 0.3) is 0 Å². The van der Waals surface area contributed by atoms with E-state index in [9.17, 15) is 8.42 Å². The number of thiophene rings is 1. The van der Waals surface area contributed by atoms with Crippen molar-refractivity contribution in [3.05, 3.63) is 53.5 Å². The summed E-state index contributed by atoms with van der Waals surface area (Å²) in [5, 5.41) is 5.20. The first-order valence-corrected chi connectivity index (χ1v) is 10.6. The van der Waals surface area contributed by atoms with E-state index < -0.39 is 10.0 Å². The molecule has 3 heterocycles. The zero-order valence-electron chi connectivity index (χ0n) is 14.3. The van der Waals surface area contributed by atoms with Crippen LogP contribution in [0, 0.1) is 0 Å². The minimum atomic E-state index is -3.67. The van der Waals surface area contributed by atoms with Gasteiger partial charge in [-0.25, -0.2) is 8.42 Å². The number of nitrogens with zero attached hydrogens (tertiary/aromatic N) is 2. The highest BCUT2D eigenvalue weighted by Gasteiger charge is 2.36. The second-order valence-corrected chi connectivity index (χ2v) is 8.89. The lowest BCUT2D eigenvalue weighted by Gasteiger charge is -2.35. The third-order valence-corrected chi connectivity index (χ3v) is 7.30. The van der Waals surface area contributed by atoms with E-state index in [0.29, 0.717) is 25.4 Å². The number of para-hydroxylation sites is 1. The van der Waals surface area contributed by atoms with E-state index in [1.54, 1.807) is 17.5 Å². The molecule has 0 saturated carbocycles. The Hall–Kier alpha value is -2.00. The molecule has 6 nitrogen and oxygen atoms in total. The zero-order chi connectivity index (χ0) is 18.1. The quantitative estimate of drug-likeness (QED) is 0.743. The van der Waals surface area contributed by atoms with Crippen LogP contribution in [0.4, 0.5) is 0 Å². The molecule has 1 aromatic carbocycles. The molecule has 0 radical (unpaired) electrons. The lowest BCUT2D eigenvalue weighted by atomic mass is 10.0. The molecule has 0 amide bonds. The molecule has 0 bridgehead atoms. The van der Waals surface area contributed by atoms with Crippen molar-refractivity contribution in [2.24, 2.45) is 0 Å². The Labute approximate surface area is 156 Å². The number of nitrogens with one attached hydrogen (secondary N) is 1. The Morgan fingerprint density at radius 3 is 3.00 bits per heavy atom.